The van der Waals surface area contributed by atoms with Gasteiger partial charge in [-0.1, -0.05) is 30.3 Å². The number of anilines is 1. The molecule has 0 spiro atoms. The van der Waals surface area contributed by atoms with E-state index in [1.165, 1.54) is 12.8 Å². The van der Waals surface area contributed by atoms with E-state index in [9.17, 15) is 0 Å². The molecule has 1 aromatic carbocycles. The van der Waals surface area contributed by atoms with Crippen LogP contribution in [0.25, 0.3) is 33.7 Å². The quantitative estimate of drug-likeness (QED) is 0.373. The summed E-state index contributed by atoms with van der Waals surface area (Å²) in [6.07, 6.45) is 7.67. The number of pyridine rings is 2. The van der Waals surface area contributed by atoms with E-state index in [0.717, 1.165) is 33.6 Å². The van der Waals surface area contributed by atoms with E-state index in [4.69, 9.17) is 14.4 Å². The lowest BCUT2D eigenvalue weighted by atomic mass is 10.1. The summed E-state index contributed by atoms with van der Waals surface area (Å²) in [4.78, 5) is 18.6. The molecule has 1 saturated carbocycles. The zero-order valence-electron chi connectivity index (χ0n) is 17.4. The molecular weight excluding hydrogens is 398 g/mol. The third-order valence-corrected chi connectivity index (χ3v) is 5.72. The van der Waals surface area contributed by atoms with Gasteiger partial charge in [0.2, 0.25) is 0 Å². The number of aromatic nitrogens is 4. The van der Waals surface area contributed by atoms with Gasteiger partial charge in [0, 0.05) is 42.0 Å². The summed E-state index contributed by atoms with van der Waals surface area (Å²) in [5, 5.41) is 3.44. The van der Waals surface area contributed by atoms with Crippen LogP contribution in [0.1, 0.15) is 30.0 Å². The van der Waals surface area contributed by atoms with Crippen molar-refractivity contribution in [3.8, 4) is 22.6 Å². The van der Waals surface area contributed by atoms with E-state index in [1.807, 2.05) is 42.7 Å². The highest BCUT2D eigenvalue weighted by molar-refractivity contribution is 5.85. The van der Waals surface area contributed by atoms with Crippen molar-refractivity contribution in [1.82, 2.24) is 19.9 Å². The summed E-state index contributed by atoms with van der Waals surface area (Å²) in [6.45, 7) is 0.622. The molecule has 156 valence electrons. The first-order valence-corrected chi connectivity index (χ1v) is 10.8. The van der Waals surface area contributed by atoms with Crippen molar-refractivity contribution in [3.05, 3.63) is 90.6 Å². The normalized spacial score (nSPS) is 13.4. The Morgan fingerprint density at radius 3 is 2.56 bits per heavy atom. The molecule has 1 N–H and O–H groups in total. The molecule has 4 aromatic heterocycles. The molecule has 0 radical (unpaired) electrons. The number of hydrogen-bond donors (Lipinski definition) is 1. The van der Waals surface area contributed by atoms with Gasteiger partial charge in [-0.2, -0.15) is 0 Å². The van der Waals surface area contributed by atoms with Gasteiger partial charge in [-0.3, -0.25) is 9.97 Å². The van der Waals surface area contributed by atoms with Crippen molar-refractivity contribution in [1.29, 1.82) is 0 Å². The Labute approximate surface area is 185 Å². The number of nitrogens with zero attached hydrogens (tertiary/aromatic N) is 4. The maximum absolute atomic E-state index is 5.68. The third kappa shape index (κ3) is 3.60. The van der Waals surface area contributed by atoms with Crippen molar-refractivity contribution >= 4 is 16.9 Å². The van der Waals surface area contributed by atoms with Crippen LogP contribution in [-0.2, 0) is 6.54 Å². The van der Waals surface area contributed by atoms with Gasteiger partial charge in [-0.15, -0.1) is 0 Å². The molecule has 6 heteroatoms. The molecule has 5 aromatic rings. The van der Waals surface area contributed by atoms with Crippen molar-refractivity contribution in [2.24, 2.45) is 0 Å². The SMILES string of the molecule is c1ccc(-c2ccc(CNc3nc(-c4cccnc4C4CC4)nc4ccoc34)cc2)nc1. The maximum Gasteiger partial charge on any atom is 0.194 e. The Balaban J connectivity index is 1.29. The maximum atomic E-state index is 5.68. The smallest absolute Gasteiger partial charge is 0.194 e. The Bertz CT molecular complexity index is 1370. The molecule has 4 heterocycles. The standard InChI is InChI=1S/C26H21N5O/c1-2-13-27-21(5-1)18-8-6-17(7-9-18)16-29-26-24-22(12-15-32-24)30-25(31-26)20-4-3-14-28-23(20)19-10-11-19/h1-9,12-15,19H,10-11,16H2,(H,29,30,31). The van der Waals surface area contributed by atoms with Gasteiger partial charge in [0.05, 0.1) is 17.7 Å². The van der Waals surface area contributed by atoms with Gasteiger partial charge in [0.15, 0.2) is 17.2 Å². The monoisotopic (exact) mass is 419 g/mol. The van der Waals surface area contributed by atoms with Crippen molar-refractivity contribution in [3.63, 3.8) is 0 Å². The van der Waals surface area contributed by atoms with Gasteiger partial charge < -0.3 is 9.73 Å². The third-order valence-electron chi connectivity index (χ3n) is 5.72. The molecule has 1 fully saturated rings. The zero-order chi connectivity index (χ0) is 21.3. The van der Waals surface area contributed by atoms with Crippen LogP contribution in [0.4, 0.5) is 5.82 Å². The fourth-order valence-electron chi connectivity index (χ4n) is 3.91. The number of furan rings is 1. The van der Waals surface area contributed by atoms with Gasteiger partial charge in [0.1, 0.15) is 5.52 Å². The van der Waals surface area contributed by atoms with Crippen LogP contribution >= 0.6 is 0 Å². The number of fused-ring (bicyclic) bond motifs is 1. The van der Waals surface area contributed by atoms with Crippen LogP contribution in [0.15, 0.2) is 83.7 Å². The van der Waals surface area contributed by atoms with E-state index in [2.05, 4.69) is 45.6 Å². The highest BCUT2D eigenvalue weighted by atomic mass is 16.3. The van der Waals surface area contributed by atoms with Crippen LogP contribution < -0.4 is 5.32 Å². The predicted octanol–water partition coefficient (Wildman–Crippen LogP) is 5.84. The molecule has 0 bridgehead atoms. The lowest BCUT2D eigenvalue weighted by molar-refractivity contribution is 0.614. The Morgan fingerprint density at radius 1 is 0.875 bits per heavy atom. The topological polar surface area (TPSA) is 76.7 Å². The second kappa shape index (κ2) is 7.89. The van der Waals surface area contributed by atoms with E-state index < -0.39 is 0 Å². The van der Waals surface area contributed by atoms with Crippen LogP contribution in [0, 0.1) is 0 Å². The Morgan fingerprint density at radius 2 is 1.75 bits per heavy atom. The average Bonchev–Trinajstić information content (AvgIpc) is 3.60. The van der Waals surface area contributed by atoms with E-state index in [-0.39, 0.29) is 0 Å². The minimum Gasteiger partial charge on any atom is -0.459 e. The van der Waals surface area contributed by atoms with Crippen LogP contribution in [0.3, 0.4) is 0 Å². The van der Waals surface area contributed by atoms with E-state index >= 15 is 0 Å². The molecular formula is C26H21N5O. The fourth-order valence-corrected chi connectivity index (χ4v) is 3.91. The molecule has 32 heavy (non-hydrogen) atoms. The summed E-state index contributed by atoms with van der Waals surface area (Å²) in [6, 6.07) is 20.2. The first-order valence-electron chi connectivity index (χ1n) is 10.8. The van der Waals surface area contributed by atoms with Crippen molar-refractivity contribution in [2.75, 3.05) is 5.32 Å². The number of nitrogens with one attached hydrogen (secondary N) is 1. The highest BCUT2D eigenvalue weighted by Crippen LogP contribution is 2.43. The lowest BCUT2D eigenvalue weighted by Crippen LogP contribution is -2.04. The molecule has 6 nitrogen and oxygen atoms in total. The molecule has 0 unspecified atom stereocenters. The van der Waals surface area contributed by atoms with Crippen LogP contribution in [0.2, 0.25) is 0 Å². The van der Waals surface area contributed by atoms with Gasteiger partial charge in [-0.05, 0) is 42.7 Å². The first-order chi connectivity index (χ1) is 15.8. The Hall–Kier alpha value is -4.06. The fraction of sp³-hybridized carbons (Fsp3) is 0.154. The van der Waals surface area contributed by atoms with Gasteiger partial charge in [-0.25, -0.2) is 9.97 Å². The molecule has 1 aliphatic carbocycles. The zero-order valence-corrected chi connectivity index (χ0v) is 17.4. The highest BCUT2D eigenvalue weighted by Gasteiger charge is 2.28. The largest absolute Gasteiger partial charge is 0.459 e. The lowest BCUT2D eigenvalue weighted by Gasteiger charge is -2.11. The molecule has 6 rings (SSSR count). The van der Waals surface area contributed by atoms with E-state index in [0.29, 0.717) is 29.7 Å². The summed E-state index contributed by atoms with van der Waals surface area (Å²) in [5.41, 5.74) is 6.74. The van der Waals surface area contributed by atoms with Gasteiger partial charge >= 0.3 is 0 Å². The van der Waals surface area contributed by atoms with Crippen LogP contribution in [-0.4, -0.2) is 19.9 Å². The number of hydrogen-bond acceptors (Lipinski definition) is 6. The second-order valence-electron chi connectivity index (χ2n) is 8.01. The summed E-state index contributed by atoms with van der Waals surface area (Å²) >= 11 is 0. The number of benzene rings is 1. The predicted molar refractivity (Wildman–Crippen MR) is 124 cm³/mol. The summed E-state index contributed by atoms with van der Waals surface area (Å²) in [5.74, 6) is 1.89. The second-order valence-corrected chi connectivity index (χ2v) is 8.01. The minimum atomic E-state index is 0.517. The molecule has 0 amide bonds. The van der Waals surface area contributed by atoms with E-state index in [1.54, 1.807) is 6.26 Å². The average molecular weight is 419 g/mol. The van der Waals surface area contributed by atoms with Crippen molar-refractivity contribution in [2.45, 2.75) is 25.3 Å². The number of rotatable bonds is 6. The first kappa shape index (κ1) is 18.7. The molecule has 1 aliphatic rings. The van der Waals surface area contributed by atoms with Crippen molar-refractivity contribution < 1.29 is 4.42 Å². The van der Waals surface area contributed by atoms with Crippen LogP contribution in [0.5, 0.6) is 0 Å². The van der Waals surface area contributed by atoms with Gasteiger partial charge in [0.25, 0.3) is 0 Å². The Kier molecular flexibility index (Phi) is 4.61. The molecule has 0 aliphatic heterocycles. The molecule has 0 saturated heterocycles. The summed E-state index contributed by atoms with van der Waals surface area (Å²) < 4.78 is 5.68. The molecule has 0 atom stereocenters. The minimum absolute atomic E-state index is 0.517. The summed E-state index contributed by atoms with van der Waals surface area (Å²) in [7, 11) is 0.